The average molecular weight is 285 g/mol. The normalized spacial score (nSPS) is 22.5. The Labute approximate surface area is 116 Å². The number of rotatable bonds is 6. The maximum absolute atomic E-state index is 11.9. The second-order valence-electron chi connectivity index (χ2n) is 5.30. The van der Waals surface area contributed by atoms with Gasteiger partial charge in [-0.2, -0.15) is 0 Å². The fourth-order valence-electron chi connectivity index (χ4n) is 2.47. The lowest BCUT2D eigenvalue weighted by molar-refractivity contribution is -0.140. The molecule has 1 atom stereocenters. The van der Waals surface area contributed by atoms with Gasteiger partial charge < -0.3 is 20.4 Å². The molecule has 3 N–H and O–H groups in total. The Balaban J connectivity index is 1.83. The number of carbonyl (C=O) groups excluding carboxylic acids is 1. The molecule has 8 heteroatoms. The van der Waals surface area contributed by atoms with Crippen LogP contribution in [-0.4, -0.2) is 76.2 Å². The summed E-state index contributed by atoms with van der Waals surface area (Å²) in [5, 5.41) is 20.1. The lowest BCUT2D eigenvalue weighted by Gasteiger charge is -2.22. The third-order valence-electron chi connectivity index (χ3n) is 3.55. The molecule has 2 aliphatic rings. The fraction of sp³-hybridized carbons (Fsp3) is 0.750. The first kappa shape index (κ1) is 14.6. The zero-order valence-corrected chi connectivity index (χ0v) is 11.1. The number of carboxylic acids is 2. The van der Waals surface area contributed by atoms with E-state index in [2.05, 4.69) is 10.2 Å². The highest BCUT2D eigenvalue weighted by atomic mass is 16.4. The Morgan fingerprint density at radius 2 is 1.70 bits per heavy atom. The van der Waals surface area contributed by atoms with Gasteiger partial charge in [0.15, 0.2) is 0 Å². The minimum atomic E-state index is -1.23. The van der Waals surface area contributed by atoms with Gasteiger partial charge in [-0.1, -0.05) is 0 Å². The van der Waals surface area contributed by atoms with Gasteiger partial charge in [-0.15, -0.1) is 0 Å². The monoisotopic (exact) mass is 285 g/mol. The third-order valence-corrected chi connectivity index (χ3v) is 3.55. The lowest BCUT2D eigenvalue weighted by atomic mass is 10.3. The van der Waals surface area contributed by atoms with Crippen LogP contribution in [0.2, 0.25) is 0 Å². The number of nitrogens with zero attached hydrogens (tertiary/aromatic N) is 2. The average Bonchev–Trinajstić information content (AvgIpc) is 3.08. The summed E-state index contributed by atoms with van der Waals surface area (Å²) in [4.78, 5) is 36.4. The molecule has 1 saturated carbocycles. The standard InChI is InChI=1S/C12H19N3O5/c16-10(17)6-15(7-11(18)19)12(20)13-8-3-4-14(5-8)9-1-2-9/h8-9H,1-7H2,(H,13,20)(H,16,17)(H,18,19). The Morgan fingerprint density at radius 3 is 2.20 bits per heavy atom. The first-order chi connectivity index (χ1) is 9.45. The fourth-order valence-corrected chi connectivity index (χ4v) is 2.47. The molecular formula is C12H19N3O5. The number of urea groups is 1. The number of hydrogen-bond acceptors (Lipinski definition) is 4. The van der Waals surface area contributed by atoms with E-state index in [1.807, 2.05) is 0 Å². The molecule has 1 saturated heterocycles. The summed E-state index contributed by atoms with van der Waals surface area (Å²) < 4.78 is 0. The Morgan fingerprint density at radius 1 is 1.10 bits per heavy atom. The van der Waals surface area contributed by atoms with Crippen molar-refractivity contribution in [1.82, 2.24) is 15.1 Å². The van der Waals surface area contributed by atoms with Gasteiger partial charge in [-0.3, -0.25) is 14.5 Å². The molecule has 112 valence electrons. The van der Waals surface area contributed by atoms with E-state index in [0.29, 0.717) is 6.04 Å². The SMILES string of the molecule is O=C(O)CN(CC(=O)O)C(=O)NC1CCN(C2CC2)C1. The summed E-state index contributed by atoms with van der Waals surface area (Å²) in [6, 6.07) is -0.0309. The highest BCUT2D eigenvalue weighted by Gasteiger charge is 2.35. The van der Waals surface area contributed by atoms with Crippen molar-refractivity contribution in [2.24, 2.45) is 0 Å². The molecule has 0 spiro atoms. The van der Waals surface area contributed by atoms with E-state index in [1.165, 1.54) is 12.8 Å². The number of carbonyl (C=O) groups is 3. The number of nitrogens with one attached hydrogen (secondary N) is 1. The molecule has 8 nitrogen and oxygen atoms in total. The molecule has 2 fully saturated rings. The van der Waals surface area contributed by atoms with E-state index in [1.54, 1.807) is 0 Å². The molecule has 2 amide bonds. The molecule has 0 radical (unpaired) electrons. The quantitative estimate of drug-likeness (QED) is 0.601. The minimum absolute atomic E-state index is 0.0341. The maximum Gasteiger partial charge on any atom is 0.323 e. The van der Waals surface area contributed by atoms with E-state index < -0.39 is 31.1 Å². The first-order valence-electron chi connectivity index (χ1n) is 6.69. The Kier molecular flexibility index (Phi) is 4.43. The predicted octanol–water partition coefficient (Wildman–Crippen LogP) is -0.596. The van der Waals surface area contributed by atoms with Gasteiger partial charge in [-0.05, 0) is 19.3 Å². The van der Waals surface area contributed by atoms with Crippen LogP contribution < -0.4 is 5.32 Å². The van der Waals surface area contributed by atoms with Gasteiger partial charge in [0.05, 0.1) is 0 Å². The van der Waals surface area contributed by atoms with Crippen molar-refractivity contribution in [3.63, 3.8) is 0 Å². The van der Waals surface area contributed by atoms with Crippen molar-refractivity contribution >= 4 is 18.0 Å². The molecule has 1 heterocycles. The summed E-state index contributed by atoms with van der Waals surface area (Å²) >= 11 is 0. The van der Waals surface area contributed by atoms with Crippen LogP contribution in [0.5, 0.6) is 0 Å². The number of aliphatic carboxylic acids is 2. The van der Waals surface area contributed by atoms with Crippen molar-refractivity contribution in [2.75, 3.05) is 26.2 Å². The number of carboxylic acid groups (broad SMARTS) is 2. The molecule has 0 aromatic carbocycles. The third kappa shape index (κ3) is 4.09. The number of hydrogen-bond donors (Lipinski definition) is 3. The predicted molar refractivity (Wildman–Crippen MR) is 68.4 cm³/mol. The lowest BCUT2D eigenvalue weighted by Crippen LogP contribution is -2.49. The highest BCUT2D eigenvalue weighted by Crippen LogP contribution is 2.29. The van der Waals surface area contributed by atoms with Gasteiger partial charge in [0.2, 0.25) is 0 Å². The second-order valence-corrected chi connectivity index (χ2v) is 5.30. The zero-order chi connectivity index (χ0) is 14.7. The summed E-state index contributed by atoms with van der Waals surface area (Å²) in [5.74, 6) is -2.46. The van der Waals surface area contributed by atoms with Crippen LogP contribution in [-0.2, 0) is 9.59 Å². The first-order valence-corrected chi connectivity index (χ1v) is 6.69. The van der Waals surface area contributed by atoms with Crippen molar-refractivity contribution in [1.29, 1.82) is 0 Å². The van der Waals surface area contributed by atoms with Crippen LogP contribution >= 0.6 is 0 Å². The van der Waals surface area contributed by atoms with Crippen LogP contribution in [0.25, 0.3) is 0 Å². The van der Waals surface area contributed by atoms with E-state index in [4.69, 9.17) is 10.2 Å². The smallest absolute Gasteiger partial charge is 0.323 e. The molecule has 0 aromatic heterocycles. The van der Waals surface area contributed by atoms with Gasteiger partial charge in [0.1, 0.15) is 13.1 Å². The van der Waals surface area contributed by atoms with Crippen LogP contribution in [0.4, 0.5) is 4.79 Å². The van der Waals surface area contributed by atoms with E-state index in [-0.39, 0.29) is 6.04 Å². The second kappa shape index (κ2) is 6.08. The van der Waals surface area contributed by atoms with Crippen LogP contribution in [0, 0.1) is 0 Å². The van der Waals surface area contributed by atoms with Gasteiger partial charge in [0.25, 0.3) is 0 Å². The van der Waals surface area contributed by atoms with Crippen molar-refractivity contribution < 1.29 is 24.6 Å². The molecule has 20 heavy (non-hydrogen) atoms. The zero-order valence-electron chi connectivity index (χ0n) is 11.1. The van der Waals surface area contributed by atoms with Crippen molar-refractivity contribution in [3.05, 3.63) is 0 Å². The molecule has 1 aliphatic heterocycles. The summed E-state index contributed by atoms with van der Waals surface area (Å²) in [6.45, 7) is 0.451. The minimum Gasteiger partial charge on any atom is -0.480 e. The van der Waals surface area contributed by atoms with Gasteiger partial charge in [0, 0.05) is 25.2 Å². The van der Waals surface area contributed by atoms with Gasteiger partial charge in [-0.25, -0.2) is 4.79 Å². The molecular weight excluding hydrogens is 266 g/mol. The summed E-state index contributed by atoms with van der Waals surface area (Å²) in [7, 11) is 0. The summed E-state index contributed by atoms with van der Waals surface area (Å²) in [6.07, 6.45) is 3.21. The van der Waals surface area contributed by atoms with Crippen LogP contribution in [0.15, 0.2) is 0 Å². The summed E-state index contributed by atoms with van der Waals surface area (Å²) in [5.41, 5.74) is 0. The number of amides is 2. The molecule has 0 aromatic rings. The van der Waals surface area contributed by atoms with Crippen molar-refractivity contribution in [2.45, 2.75) is 31.3 Å². The maximum atomic E-state index is 11.9. The van der Waals surface area contributed by atoms with Crippen LogP contribution in [0.1, 0.15) is 19.3 Å². The molecule has 0 bridgehead atoms. The molecule has 1 unspecified atom stereocenters. The highest BCUT2D eigenvalue weighted by molar-refractivity contribution is 5.84. The van der Waals surface area contributed by atoms with E-state index in [0.717, 1.165) is 24.4 Å². The number of likely N-dealkylation sites (tertiary alicyclic amines) is 1. The Bertz CT molecular complexity index is 394. The Hall–Kier alpha value is -1.83. The van der Waals surface area contributed by atoms with E-state index >= 15 is 0 Å². The van der Waals surface area contributed by atoms with Crippen LogP contribution in [0.3, 0.4) is 0 Å². The topological polar surface area (TPSA) is 110 Å². The molecule has 1 aliphatic carbocycles. The molecule has 2 rings (SSSR count). The van der Waals surface area contributed by atoms with Gasteiger partial charge >= 0.3 is 18.0 Å². The van der Waals surface area contributed by atoms with E-state index in [9.17, 15) is 14.4 Å². The van der Waals surface area contributed by atoms with Crippen molar-refractivity contribution in [3.8, 4) is 0 Å². The largest absolute Gasteiger partial charge is 0.480 e.